The molecule has 20 heavy (non-hydrogen) atoms. The van der Waals surface area contributed by atoms with Crippen molar-refractivity contribution in [3.8, 4) is 0 Å². The van der Waals surface area contributed by atoms with E-state index in [9.17, 15) is 0 Å². The summed E-state index contributed by atoms with van der Waals surface area (Å²) in [7, 11) is 1.73. The second-order valence-electron chi connectivity index (χ2n) is 5.25. The number of nitrogens with zero attached hydrogens (tertiary/aromatic N) is 1. The Bertz CT molecular complexity index is 401. The Morgan fingerprint density at radius 3 is 3.05 bits per heavy atom. The van der Waals surface area contributed by atoms with Gasteiger partial charge in [-0.1, -0.05) is 17.7 Å². The third-order valence-corrected chi connectivity index (χ3v) is 3.60. The average Bonchev–Trinajstić information content (AvgIpc) is 2.73. The third kappa shape index (κ3) is 4.47. The summed E-state index contributed by atoms with van der Waals surface area (Å²) in [5, 5.41) is 3.44. The fourth-order valence-electron chi connectivity index (χ4n) is 2.55. The maximum atomic E-state index is 5.55. The third-order valence-electron chi connectivity index (χ3n) is 3.60. The quantitative estimate of drug-likeness (QED) is 0.807. The molecular formula is C16H26N2O2. The summed E-state index contributed by atoms with van der Waals surface area (Å²) in [5.41, 5.74) is 4.01. The van der Waals surface area contributed by atoms with Crippen LogP contribution in [-0.4, -0.2) is 46.6 Å². The van der Waals surface area contributed by atoms with E-state index >= 15 is 0 Å². The van der Waals surface area contributed by atoms with Gasteiger partial charge in [0, 0.05) is 45.6 Å². The van der Waals surface area contributed by atoms with Gasteiger partial charge in [0.1, 0.15) is 0 Å². The van der Waals surface area contributed by atoms with Gasteiger partial charge in [0.2, 0.25) is 0 Å². The summed E-state index contributed by atoms with van der Waals surface area (Å²) >= 11 is 0. The number of methoxy groups -OCH3 is 1. The molecule has 0 amide bonds. The van der Waals surface area contributed by atoms with Gasteiger partial charge in [-0.2, -0.15) is 0 Å². The number of hydrogen-bond acceptors (Lipinski definition) is 4. The predicted molar refractivity (Wildman–Crippen MR) is 82.4 cm³/mol. The Kier molecular flexibility index (Phi) is 6.30. The minimum atomic E-state index is 0.749. The second-order valence-corrected chi connectivity index (χ2v) is 5.25. The van der Waals surface area contributed by atoms with E-state index in [2.05, 4.69) is 35.3 Å². The standard InChI is InChI=1S/C16H26N2O2/c1-14-4-5-16(18-7-3-9-20-11-8-18)15(12-14)13-17-6-10-19-2/h4-5,12,17H,3,6-11,13H2,1-2H3. The van der Waals surface area contributed by atoms with Crippen molar-refractivity contribution in [2.45, 2.75) is 19.9 Å². The maximum Gasteiger partial charge on any atom is 0.0641 e. The van der Waals surface area contributed by atoms with Crippen molar-refractivity contribution >= 4 is 5.69 Å². The normalized spacial score (nSPS) is 16.2. The lowest BCUT2D eigenvalue weighted by Crippen LogP contribution is -2.28. The first-order valence-electron chi connectivity index (χ1n) is 7.43. The Labute approximate surface area is 122 Å². The minimum Gasteiger partial charge on any atom is -0.383 e. The van der Waals surface area contributed by atoms with Gasteiger partial charge in [0.15, 0.2) is 0 Å². The highest BCUT2D eigenvalue weighted by Gasteiger charge is 2.13. The summed E-state index contributed by atoms with van der Waals surface area (Å²) in [6.07, 6.45) is 1.10. The molecule has 1 aliphatic rings. The van der Waals surface area contributed by atoms with E-state index < -0.39 is 0 Å². The zero-order valence-corrected chi connectivity index (χ0v) is 12.7. The van der Waals surface area contributed by atoms with Crippen LogP contribution in [0.3, 0.4) is 0 Å². The Morgan fingerprint density at radius 2 is 2.20 bits per heavy atom. The van der Waals surface area contributed by atoms with E-state index in [1.54, 1.807) is 7.11 Å². The van der Waals surface area contributed by atoms with Gasteiger partial charge in [0.05, 0.1) is 13.2 Å². The molecule has 4 heteroatoms. The zero-order valence-electron chi connectivity index (χ0n) is 12.7. The van der Waals surface area contributed by atoms with Crippen LogP contribution < -0.4 is 10.2 Å². The topological polar surface area (TPSA) is 33.7 Å². The molecule has 1 saturated heterocycles. The van der Waals surface area contributed by atoms with Crippen LogP contribution in [0.25, 0.3) is 0 Å². The van der Waals surface area contributed by atoms with E-state index in [0.717, 1.165) is 52.4 Å². The van der Waals surface area contributed by atoms with Crippen LogP contribution in [0.5, 0.6) is 0 Å². The molecule has 0 unspecified atom stereocenters. The van der Waals surface area contributed by atoms with Crippen LogP contribution in [0.4, 0.5) is 5.69 Å². The summed E-state index contributed by atoms with van der Waals surface area (Å²) in [4.78, 5) is 2.44. The second kappa shape index (κ2) is 8.25. The number of anilines is 1. The number of ether oxygens (including phenoxy) is 2. The molecule has 1 fully saturated rings. The van der Waals surface area contributed by atoms with Crippen molar-refractivity contribution in [3.05, 3.63) is 29.3 Å². The van der Waals surface area contributed by atoms with Crippen LogP contribution in [0.2, 0.25) is 0 Å². The first kappa shape index (κ1) is 15.3. The van der Waals surface area contributed by atoms with Crippen LogP contribution in [0.1, 0.15) is 17.5 Å². The number of hydrogen-bond donors (Lipinski definition) is 1. The first-order chi connectivity index (χ1) is 9.81. The van der Waals surface area contributed by atoms with Crippen molar-refractivity contribution in [2.24, 2.45) is 0 Å². The molecule has 1 aliphatic heterocycles. The lowest BCUT2D eigenvalue weighted by atomic mass is 10.1. The molecule has 2 rings (SSSR count). The van der Waals surface area contributed by atoms with Crippen molar-refractivity contribution in [1.29, 1.82) is 0 Å². The molecule has 112 valence electrons. The van der Waals surface area contributed by atoms with Gasteiger partial charge < -0.3 is 19.7 Å². The first-order valence-corrected chi connectivity index (χ1v) is 7.43. The Morgan fingerprint density at radius 1 is 1.30 bits per heavy atom. The van der Waals surface area contributed by atoms with E-state index in [0.29, 0.717) is 0 Å². The molecule has 0 aromatic heterocycles. The maximum absolute atomic E-state index is 5.55. The van der Waals surface area contributed by atoms with E-state index in [1.165, 1.54) is 16.8 Å². The molecule has 4 nitrogen and oxygen atoms in total. The van der Waals surface area contributed by atoms with Crippen molar-refractivity contribution < 1.29 is 9.47 Å². The highest BCUT2D eigenvalue weighted by molar-refractivity contribution is 5.55. The average molecular weight is 278 g/mol. The SMILES string of the molecule is COCCNCc1cc(C)ccc1N1CCCOCC1. The van der Waals surface area contributed by atoms with Crippen LogP contribution in [0, 0.1) is 6.92 Å². The molecule has 0 bridgehead atoms. The fraction of sp³-hybridized carbons (Fsp3) is 0.625. The Balaban J connectivity index is 2.05. The number of aryl methyl sites for hydroxylation is 1. The van der Waals surface area contributed by atoms with Gasteiger partial charge in [-0.05, 0) is 25.0 Å². The van der Waals surface area contributed by atoms with E-state index in [4.69, 9.17) is 9.47 Å². The highest BCUT2D eigenvalue weighted by atomic mass is 16.5. The molecule has 1 N–H and O–H groups in total. The van der Waals surface area contributed by atoms with Gasteiger partial charge >= 0.3 is 0 Å². The van der Waals surface area contributed by atoms with Crippen molar-refractivity contribution in [1.82, 2.24) is 5.32 Å². The fourth-order valence-corrected chi connectivity index (χ4v) is 2.55. The smallest absolute Gasteiger partial charge is 0.0641 e. The van der Waals surface area contributed by atoms with Gasteiger partial charge in [0.25, 0.3) is 0 Å². The lowest BCUT2D eigenvalue weighted by molar-refractivity contribution is 0.152. The summed E-state index contributed by atoms with van der Waals surface area (Å²) in [6.45, 7) is 8.42. The van der Waals surface area contributed by atoms with Crippen LogP contribution in [-0.2, 0) is 16.0 Å². The molecular weight excluding hydrogens is 252 g/mol. The van der Waals surface area contributed by atoms with E-state index in [-0.39, 0.29) is 0 Å². The van der Waals surface area contributed by atoms with Crippen molar-refractivity contribution in [2.75, 3.05) is 51.5 Å². The molecule has 0 atom stereocenters. The largest absolute Gasteiger partial charge is 0.383 e. The number of rotatable bonds is 6. The summed E-state index contributed by atoms with van der Waals surface area (Å²) < 4.78 is 10.6. The molecule has 0 spiro atoms. The monoisotopic (exact) mass is 278 g/mol. The van der Waals surface area contributed by atoms with Crippen LogP contribution in [0.15, 0.2) is 18.2 Å². The van der Waals surface area contributed by atoms with Crippen LogP contribution >= 0.6 is 0 Å². The summed E-state index contributed by atoms with van der Waals surface area (Å²) in [6, 6.07) is 6.72. The molecule has 1 heterocycles. The summed E-state index contributed by atoms with van der Waals surface area (Å²) in [5.74, 6) is 0. The Hall–Kier alpha value is -1.10. The zero-order chi connectivity index (χ0) is 14.2. The van der Waals surface area contributed by atoms with Gasteiger partial charge in [-0.3, -0.25) is 0 Å². The molecule has 1 aromatic rings. The van der Waals surface area contributed by atoms with Gasteiger partial charge in [-0.15, -0.1) is 0 Å². The van der Waals surface area contributed by atoms with E-state index in [1.807, 2.05) is 0 Å². The molecule has 0 saturated carbocycles. The molecule has 0 aliphatic carbocycles. The predicted octanol–water partition coefficient (Wildman–Crippen LogP) is 1.96. The highest BCUT2D eigenvalue weighted by Crippen LogP contribution is 2.23. The molecule has 0 radical (unpaired) electrons. The minimum absolute atomic E-state index is 0.749. The molecule has 1 aromatic carbocycles. The van der Waals surface area contributed by atoms with Crippen molar-refractivity contribution in [3.63, 3.8) is 0 Å². The lowest BCUT2D eigenvalue weighted by Gasteiger charge is -2.25. The van der Waals surface area contributed by atoms with Gasteiger partial charge in [-0.25, -0.2) is 0 Å². The number of benzene rings is 1. The number of nitrogens with one attached hydrogen (secondary N) is 1.